The van der Waals surface area contributed by atoms with Gasteiger partial charge in [-0.1, -0.05) is 33.6 Å². The van der Waals surface area contributed by atoms with Crippen molar-refractivity contribution in [1.29, 1.82) is 0 Å². The largest absolute Gasteiger partial charge is 0.489 e. The summed E-state index contributed by atoms with van der Waals surface area (Å²) in [6.45, 7) is 2.19. The smallest absolute Gasteiger partial charge is 0.124 e. The zero-order valence-electron chi connectivity index (χ0n) is 10.9. The molecule has 0 heterocycles. The summed E-state index contributed by atoms with van der Waals surface area (Å²) < 4.78 is 19.5. The summed E-state index contributed by atoms with van der Waals surface area (Å²) in [5.41, 5.74) is 7.61. The molecule has 0 aliphatic carbocycles. The SMILES string of the molecule is C[C@@H](N)c1cc(Cl)ccc1OCc1ccc(F)cc1Br. The Bertz CT molecular complexity index is 619. The first-order valence-electron chi connectivity index (χ1n) is 6.09. The van der Waals surface area contributed by atoms with Gasteiger partial charge in [0.1, 0.15) is 18.2 Å². The maximum Gasteiger partial charge on any atom is 0.124 e. The van der Waals surface area contributed by atoms with E-state index in [0.29, 0.717) is 21.9 Å². The molecule has 0 unspecified atom stereocenters. The van der Waals surface area contributed by atoms with Crippen molar-refractivity contribution in [1.82, 2.24) is 0 Å². The minimum Gasteiger partial charge on any atom is -0.489 e. The summed E-state index contributed by atoms with van der Waals surface area (Å²) >= 11 is 9.27. The molecule has 0 fully saturated rings. The van der Waals surface area contributed by atoms with E-state index in [2.05, 4.69) is 15.9 Å². The Labute approximate surface area is 130 Å². The Balaban J connectivity index is 2.18. The number of halogens is 3. The third-order valence-electron chi connectivity index (χ3n) is 2.86. The highest BCUT2D eigenvalue weighted by molar-refractivity contribution is 9.10. The zero-order valence-corrected chi connectivity index (χ0v) is 13.2. The molecule has 0 spiro atoms. The van der Waals surface area contributed by atoms with E-state index in [1.165, 1.54) is 12.1 Å². The predicted octanol–water partition coefficient (Wildman–Crippen LogP) is 4.84. The average Bonchev–Trinajstić information content (AvgIpc) is 2.38. The van der Waals surface area contributed by atoms with Crippen molar-refractivity contribution < 1.29 is 9.13 Å². The lowest BCUT2D eigenvalue weighted by Crippen LogP contribution is -2.08. The highest BCUT2D eigenvalue weighted by Crippen LogP contribution is 2.28. The third kappa shape index (κ3) is 3.72. The molecule has 2 N–H and O–H groups in total. The van der Waals surface area contributed by atoms with Gasteiger partial charge in [-0.05, 0) is 37.3 Å². The lowest BCUT2D eigenvalue weighted by molar-refractivity contribution is 0.300. The van der Waals surface area contributed by atoms with Gasteiger partial charge in [0.15, 0.2) is 0 Å². The van der Waals surface area contributed by atoms with Crippen LogP contribution >= 0.6 is 27.5 Å². The monoisotopic (exact) mass is 357 g/mol. The molecule has 0 aliphatic heterocycles. The quantitative estimate of drug-likeness (QED) is 0.848. The maximum atomic E-state index is 13.0. The van der Waals surface area contributed by atoms with Gasteiger partial charge < -0.3 is 10.5 Å². The van der Waals surface area contributed by atoms with Crippen LogP contribution in [-0.2, 0) is 6.61 Å². The van der Waals surface area contributed by atoms with E-state index < -0.39 is 0 Å². The molecule has 0 amide bonds. The molecular formula is C15H14BrClFNO. The average molecular weight is 359 g/mol. The van der Waals surface area contributed by atoms with Crippen molar-refractivity contribution in [3.63, 3.8) is 0 Å². The Morgan fingerprint density at radius 1 is 1.30 bits per heavy atom. The van der Waals surface area contributed by atoms with Crippen LogP contribution in [-0.4, -0.2) is 0 Å². The van der Waals surface area contributed by atoms with Gasteiger partial charge in [-0.15, -0.1) is 0 Å². The fourth-order valence-corrected chi connectivity index (χ4v) is 2.45. The van der Waals surface area contributed by atoms with E-state index >= 15 is 0 Å². The van der Waals surface area contributed by atoms with Crippen LogP contribution in [0.4, 0.5) is 4.39 Å². The predicted molar refractivity (Wildman–Crippen MR) is 82.5 cm³/mol. The van der Waals surface area contributed by atoms with E-state index in [-0.39, 0.29) is 11.9 Å². The van der Waals surface area contributed by atoms with Crippen LogP contribution in [0.2, 0.25) is 5.02 Å². The van der Waals surface area contributed by atoms with Crippen LogP contribution in [0.3, 0.4) is 0 Å². The molecule has 2 rings (SSSR count). The van der Waals surface area contributed by atoms with E-state index in [4.69, 9.17) is 22.1 Å². The lowest BCUT2D eigenvalue weighted by atomic mass is 10.1. The molecule has 0 aromatic heterocycles. The molecule has 0 aliphatic rings. The number of nitrogens with two attached hydrogens (primary N) is 1. The molecule has 0 saturated carbocycles. The Hall–Kier alpha value is -1.10. The van der Waals surface area contributed by atoms with Crippen LogP contribution < -0.4 is 10.5 Å². The molecule has 2 nitrogen and oxygen atoms in total. The van der Waals surface area contributed by atoms with Crippen molar-refractivity contribution in [3.8, 4) is 5.75 Å². The third-order valence-corrected chi connectivity index (χ3v) is 3.83. The topological polar surface area (TPSA) is 35.2 Å². The number of hydrogen-bond donors (Lipinski definition) is 1. The lowest BCUT2D eigenvalue weighted by Gasteiger charge is -2.15. The van der Waals surface area contributed by atoms with E-state index in [1.807, 2.05) is 6.92 Å². The summed E-state index contributed by atoms with van der Waals surface area (Å²) in [6.07, 6.45) is 0. The normalized spacial score (nSPS) is 12.2. The molecule has 20 heavy (non-hydrogen) atoms. The van der Waals surface area contributed by atoms with Crippen LogP contribution in [0.25, 0.3) is 0 Å². The highest BCUT2D eigenvalue weighted by Gasteiger charge is 2.10. The first-order valence-corrected chi connectivity index (χ1v) is 7.26. The minimum absolute atomic E-state index is 0.180. The van der Waals surface area contributed by atoms with Crippen LogP contribution in [0, 0.1) is 5.82 Å². The molecule has 0 radical (unpaired) electrons. The first kappa shape index (κ1) is 15.3. The van der Waals surface area contributed by atoms with Crippen molar-refractivity contribution in [3.05, 3.63) is 62.8 Å². The summed E-state index contributed by atoms with van der Waals surface area (Å²) in [4.78, 5) is 0. The zero-order chi connectivity index (χ0) is 14.7. The van der Waals surface area contributed by atoms with Crippen molar-refractivity contribution in [2.45, 2.75) is 19.6 Å². The van der Waals surface area contributed by atoms with Crippen LogP contribution in [0.1, 0.15) is 24.1 Å². The second-order valence-electron chi connectivity index (χ2n) is 4.50. The second-order valence-corrected chi connectivity index (χ2v) is 5.79. The van der Waals surface area contributed by atoms with Gasteiger partial charge in [-0.3, -0.25) is 0 Å². The molecule has 5 heteroatoms. The summed E-state index contributed by atoms with van der Waals surface area (Å²) in [7, 11) is 0. The van der Waals surface area contributed by atoms with Gasteiger partial charge in [0.25, 0.3) is 0 Å². The Kier molecular flexibility index (Phi) is 5.02. The van der Waals surface area contributed by atoms with E-state index in [0.717, 1.165) is 11.1 Å². The van der Waals surface area contributed by atoms with E-state index in [9.17, 15) is 4.39 Å². The standard InChI is InChI=1S/C15H14BrClFNO/c1-9(19)13-6-11(17)3-5-15(13)20-8-10-2-4-12(18)7-14(10)16/h2-7,9H,8,19H2,1H3/t9-/m1/s1. The number of rotatable bonds is 4. The molecule has 1 atom stereocenters. The van der Waals surface area contributed by atoms with Crippen molar-refractivity contribution in [2.75, 3.05) is 0 Å². The van der Waals surface area contributed by atoms with Crippen LogP contribution in [0.5, 0.6) is 5.75 Å². The fourth-order valence-electron chi connectivity index (χ4n) is 1.80. The van der Waals surface area contributed by atoms with Crippen LogP contribution in [0.15, 0.2) is 40.9 Å². The Morgan fingerprint density at radius 3 is 2.70 bits per heavy atom. The minimum atomic E-state index is -0.289. The first-order chi connectivity index (χ1) is 9.47. The summed E-state index contributed by atoms with van der Waals surface area (Å²) in [5.74, 6) is 0.393. The number of ether oxygens (including phenoxy) is 1. The number of benzene rings is 2. The molecule has 0 bridgehead atoms. The fraction of sp³-hybridized carbons (Fsp3) is 0.200. The maximum absolute atomic E-state index is 13.0. The van der Waals surface area contributed by atoms with Gasteiger partial charge >= 0.3 is 0 Å². The second kappa shape index (κ2) is 6.57. The molecule has 0 saturated heterocycles. The van der Waals surface area contributed by atoms with Gasteiger partial charge in [0.05, 0.1) is 0 Å². The van der Waals surface area contributed by atoms with Gasteiger partial charge in [0.2, 0.25) is 0 Å². The highest BCUT2D eigenvalue weighted by atomic mass is 79.9. The van der Waals surface area contributed by atoms with Crippen molar-refractivity contribution >= 4 is 27.5 Å². The molecular weight excluding hydrogens is 345 g/mol. The van der Waals surface area contributed by atoms with Gasteiger partial charge in [-0.25, -0.2) is 4.39 Å². The number of hydrogen-bond acceptors (Lipinski definition) is 2. The molecule has 2 aromatic carbocycles. The summed E-state index contributed by atoms with van der Waals surface area (Å²) in [5, 5.41) is 0.618. The summed E-state index contributed by atoms with van der Waals surface area (Å²) in [6, 6.07) is 9.65. The molecule has 2 aromatic rings. The van der Waals surface area contributed by atoms with E-state index in [1.54, 1.807) is 24.3 Å². The van der Waals surface area contributed by atoms with Gasteiger partial charge in [0, 0.05) is 26.7 Å². The van der Waals surface area contributed by atoms with Crippen molar-refractivity contribution in [2.24, 2.45) is 5.73 Å². The Morgan fingerprint density at radius 2 is 2.05 bits per heavy atom. The molecule has 106 valence electrons. The van der Waals surface area contributed by atoms with Gasteiger partial charge in [-0.2, -0.15) is 0 Å².